The van der Waals surface area contributed by atoms with Crippen molar-refractivity contribution in [3.63, 3.8) is 0 Å². The second-order valence-corrected chi connectivity index (χ2v) is 6.30. The van der Waals surface area contributed by atoms with Gasteiger partial charge >= 0.3 is 0 Å². The molecule has 1 aromatic carbocycles. The summed E-state index contributed by atoms with van der Waals surface area (Å²) in [5, 5.41) is 14.0. The second-order valence-electron chi connectivity index (χ2n) is 6.30. The Morgan fingerprint density at radius 1 is 1.15 bits per heavy atom. The third-order valence-corrected chi connectivity index (χ3v) is 4.32. The van der Waals surface area contributed by atoms with Crippen molar-refractivity contribution in [2.24, 2.45) is 12.1 Å². The van der Waals surface area contributed by atoms with Gasteiger partial charge in [0.05, 0.1) is 17.1 Å². The Morgan fingerprint density at radius 3 is 2.69 bits per heavy atom. The van der Waals surface area contributed by atoms with E-state index in [2.05, 4.69) is 49.8 Å². The molecule has 2 aromatic heterocycles. The Labute approximate surface area is 152 Å². The summed E-state index contributed by atoms with van der Waals surface area (Å²) in [6, 6.07) is 10.3. The number of aromatic nitrogens is 4. The predicted molar refractivity (Wildman–Crippen MR) is 103 cm³/mol. The molecule has 4 rings (SSSR count). The van der Waals surface area contributed by atoms with Crippen molar-refractivity contribution in [2.45, 2.75) is 19.9 Å². The van der Waals surface area contributed by atoms with E-state index in [9.17, 15) is 0 Å². The zero-order valence-electron chi connectivity index (χ0n) is 14.9. The van der Waals surface area contributed by atoms with E-state index in [1.165, 1.54) is 5.56 Å². The summed E-state index contributed by atoms with van der Waals surface area (Å²) >= 11 is 0. The number of hydrogen-bond donors (Lipinski definition) is 1. The highest BCUT2D eigenvalue weighted by atomic mass is 15.5. The predicted octanol–water partition coefficient (Wildman–Crippen LogP) is 2.99. The van der Waals surface area contributed by atoms with Gasteiger partial charge in [-0.2, -0.15) is 10.2 Å². The van der Waals surface area contributed by atoms with Crippen molar-refractivity contribution in [3.05, 3.63) is 54.0 Å². The van der Waals surface area contributed by atoms with E-state index in [4.69, 9.17) is 0 Å². The number of rotatable bonds is 5. The highest BCUT2D eigenvalue weighted by Gasteiger charge is 2.10. The van der Waals surface area contributed by atoms with Crippen LogP contribution in [0.5, 0.6) is 0 Å². The van der Waals surface area contributed by atoms with Gasteiger partial charge < -0.3 is 5.32 Å². The van der Waals surface area contributed by atoms with Crippen molar-refractivity contribution in [1.29, 1.82) is 0 Å². The van der Waals surface area contributed by atoms with E-state index in [0.29, 0.717) is 12.5 Å². The van der Waals surface area contributed by atoms with E-state index in [0.717, 1.165) is 35.6 Å². The molecule has 0 aliphatic carbocycles. The highest BCUT2D eigenvalue weighted by Crippen LogP contribution is 2.21. The average Bonchev–Trinajstić information content (AvgIpc) is 3.30. The molecule has 0 bridgehead atoms. The number of nitrogens with one attached hydrogen (secondary N) is 1. The maximum atomic E-state index is 4.61. The van der Waals surface area contributed by atoms with Gasteiger partial charge in [-0.1, -0.05) is 12.1 Å². The molecule has 7 heteroatoms. The minimum Gasteiger partial charge on any atom is -0.350 e. The molecule has 26 heavy (non-hydrogen) atoms. The average molecular weight is 347 g/mol. The fourth-order valence-corrected chi connectivity index (χ4v) is 3.00. The first-order chi connectivity index (χ1) is 12.7. The summed E-state index contributed by atoms with van der Waals surface area (Å²) < 4.78 is 1.80. The molecule has 0 unspecified atom stereocenters. The van der Waals surface area contributed by atoms with Gasteiger partial charge in [0.2, 0.25) is 5.95 Å². The van der Waals surface area contributed by atoms with Gasteiger partial charge in [0.25, 0.3) is 0 Å². The Bertz CT molecular complexity index is 927. The summed E-state index contributed by atoms with van der Waals surface area (Å²) in [5.41, 5.74) is 5.14. The quantitative estimate of drug-likeness (QED) is 0.768. The van der Waals surface area contributed by atoms with Gasteiger partial charge in [-0.05, 0) is 30.7 Å². The van der Waals surface area contributed by atoms with Crippen LogP contribution in [-0.4, -0.2) is 32.5 Å². The topological polar surface area (TPSA) is 71.2 Å². The van der Waals surface area contributed by atoms with Gasteiger partial charge in [-0.25, -0.2) is 9.97 Å². The Balaban J connectivity index is 1.44. The minimum absolute atomic E-state index is 0.610. The van der Waals surface area contributed by atoms with Crippen LogP contribution in [-0.2, 0) is 13.6 Å². The third-order valence-electron chi connectivity index (χ3n) is 4.32. The lowest BCUT2D eigenvalue weighted by Crippen LogP contribution is -2.11. The Morgan fingerprint density at radius 2 is 2.00 bits per heavy atom. The number of anilines is 2. The molecule has 1 aliphatic heterocycles. The van der Waals surface area contributed by atoms with Crippen molar-refractivity contribution in [2.75, 3.05) is 16.9 Å². The van der Waals surface area contributed by atoms with Crippen LogP contribution in [0.1, 0.15) is 17.7 Å². The first-order valence-corrected chi connectivity index (χ1v) is 8.65. The number of benzene rings is 1. The summed E-state index contributed by atoms with van der Waals surface area (Å²) in [7, 11) is 1.91. The first-order valence-electron chi connectivity index (χ1n) is 8.65. The Kier molecular flexibility index (Phi) is 4.35. The summed E-state index contributed by atoms with van der Waals surface area (Å²) in [6.45, 7) is 3.60. The number of hydrazone groups is 1. The monoisotopic (exact) mass is 347 g/mol. The highest BCUT2D eigenvalue weighted by molar-refractivity contribution is 5.65. The number of aryl methyl sites for hydroxylation is 2. The van der Waals surface area contributed by atoms with Crippen molar-refractivity contribution in [1.82, 2.24) is 19.7 Å². The molecule has 0 saturated carbocycles. The Hall–Kier alpha value is -3.22. The molecule has 0 atom stereocenters. The molecule has 0 amide bonds. The van der Waals surface area contributed by atoms with E-state index in [1.54, 1.807) is 10.9 Å². The maximum absolute atomic E-state index is 4.61. The van der Waals surface area contributed by atoms with Crippen LogP contribution in [0, 0.1) is 6.92 Å². The van der Waals surface area contributed by atoms with Crippen LogP contribution in [0.25, 0.3) is 11.3 Å². The number of nitrogens with zero attached hydrogens (tertiary/aromatic N) is 6. The molecule has 7 nitrogen and oxygen atoms in total. The lowest BCUT2D eigenvalue weighted by atomic mass is 10.2. The van der Waals surface area contributed by atoms with Gasteiger partial charge in [-0.3, -0.25) is 9.69 Å². The molecule has 3 aromatic rings. The molecule has 1 N–H and O–H groups in total. The standard InChI is InChI=1S/C19H21N7/c1-14-17(13-25(2)24-14)18-8-10-20-19(23-18)21-12-15-4-6-16(7-5-15)26-11-3-9-22-26/h4-10,13H,3,11-12H2,1-2H3,(H,20,21,23). The fraction of sp³-hybridized carbons (Fsp3) is 0.263. The van der Waals surface area contributed by atoms with Crippen LogP contribution >= 0.6 is 0 Å². The normalized spacial score (nSPS) is 13.4. The molecular weight excluding hydrogens is 326 g/mol. The fourth-order valence-electron chi connectivity index (χ4n) is 3.00. The summed E-state index contributed by atoms with van der Waals surface area (Å²) in [5.74, 6) is 0.610. The van der Waals surface area contributed by atoms with Crippen molar-refractivity contribution in [3.8, 4) is 11.3 Å². The third kappa shape index (κ3) is 3.42. The summed E-state index contributed by atoms with van der Waals surface area (Å²) in [6.07, 6.45) is 6.70. The molecule has 3 heterocycles. The molecule has 0 saturated heterocycles. The lowest BCUT2D eigenvalue weighted by molar-refractivity contribution is 0.756. The van der Waals surface area contributed by atoms with Crippen molar-refractivity contribution >= 4 is 17.9 Å². The molecule has 0 fully saturated rings. The summed E-state index contributed by atoms with van der Waals surface area (Å²) in [4.78, 5) is 8.93. The molecule has 132 valence electrons. The van der Waals surface area contributed by atoms with Gasteiger partial charge in [0.15, 0.2) is 0 Å². The van der Waals surface area contributed by atoms with Crippen LogP contribution < -0.4 is 10.3 Å². The number of hydrogen-bond acceptors (Lipinski definition) is 6. The van der Waals surface area contributed by atoms with Crippen LogP contribution in [0.4, 0.5) is 11.6 Å². The smallest absolute Gasteiger partial charge is 0.223 e. The zero-order chi connectivity index (χ0) is 17.9. The van der Waals surface area contributed by atoms with E-state index in [1.807, 2.05) is 37.5 Å². The van der Waals surface area contributed by atoms with Crippen LogP contribution in [0.3, 0.4) is 0 Å². The lowest BCUT2D eigenvalue weighted by Gasteiger charge is -2.14. The molecular formula is C19H21N7. The maximum Gasteiger partial charge on any atom is 0.223 e. The van der Waals surface area contributed by atoms with Gasteiger partial charge in [0.1, 0.15) is 0 Å². The first kappa shape index (κ1) is 16.3. The second kappa shape index (κ2) is 6.95. The van der Waals surface area contributed by atoms with E-state index < -0.39 is 0 Å². The largest absolute Gasteiger partial charge is 0.350 e. The van der Waals surface area contributed by atoms with Crippen molar-refractivity contribution < 1.29 is 0 Å². The van der Waals surface area contributed by atoms with E-state index in [-0.39, 0.29) is 0 Å². The molecule has 0 radical (unpaired) electrons. The molecule has 1 aliphatic rings. The molecule has 0 spiro atoms. The van der Waals surface area contributed by atoms with E-state index >= 15 is 0 Å². The zero-order valence-corrected chi connectivity index (χ0v) is 14.9. The SMILES string of the molecule is Cc1nn(C)cc1-c1ccnc(NCc2ccc(N3CCC=N3)cc2)n1. The van der Waals surface area contributed by atoms with Crippen LogP contribution in [0.2, 0.25) is 0 Å². The van der Waals surface area contributed by atoms with Crippen LogP contribution in [0.15, 0.2) is 47.8 Å². The van der Waals surface area contributed by atoms with Gasteiger partial charge in [-0.15, -0.1) is 0 Å². The minimum atomic E-state index is 0.610. The van der Waals surface area contributed by atoms with Gasteiger partial charge in [0, 0.05) is 50.7 Å².